The van der Waals surface area contributed by atoms with E-state index in [0.717, 1.165) is 25.7 Å². The van der Waals surface area contributed by atoms with Crippen molar-refractivity contribution < 1.29 is 15.0 Å². The molecule has 0 spiro atoms. The maximum Gasteiger partial charge on any atom is 0.303 e. The molecule has 0 aromatic rings. The van der Waals surface area contributed by atoms with Crippen molar-refractivity contribution in [2.75, 3.05) is 0 Å². The molecule has 0 bridgehead atoms. The van der Waals surface area contributed by atoms with Gasteiger partial charge in [0.2, 0.25) is 0 Å². The van der Waals surface area contributed by atoms with Crippen molar-refractivity contribution in [2.24, 2.45) is 22.7 Å². The molecule has 2 rings (SSSR count). The Kier molecular flexibility index (Phi) is 3.49. The van der Waals surface area contributed by atoms with Crippen LogP contribution in [0.15, 0.2) is 0 Å². The largest absolute Gasteiger partial charge is 0.481 e. The minimum Gasteiger partial charge on any atom is -0.481 e. The van der Waals surface area contributed by atoms with Crippen molar-refractivity contribution in [3.63, 3.8) is 0 Å². The summed E-state index contributed by atoms with van der Waals surface area (Å²) in [6.45, 7) is 8.68. The molecule has 3 nitrogen and oxygen atoms in total. The van der Waals surface area contributed by atoms with Crippen LogP contribution in [0.2, 0.25) is 0 Å². The maximum absolute atomic E-state index is 11.2. The number of carboxylic acids is 1. The quantitative estimate of drug-likeness (QED) is 0.806. The minimum absolute atomic E-state index is 0.0398. The van der Waals surface area contributed by atoms with Gasteiger partial charge in [-0.1, -0.05) is 27.2 Å². The second-order valence-corrected chi connectivity index (χ2v) is 7.95. The van der Waals surface area contributed by atoms with Gasteiger partial charge in [0.25, 0.3) is 0 Å². The van der Waals surface area contributed by atoms with E-state index >= 15 is 0 Å². The van der Waals surface area contributed by atoms with Gasteiger partial charge < -0.3 is 10.2 Å². The zero-order valence-corrected chi connectivity index (χ0v) is 12.7. The van der Waals surface area contributed by atoms with Crippen molar-refractivity contribution in [3.8, 4) is 0 Å². The molecular formula is C16H28O3. The van der Waals surface area contributed by atoms with E-state index in [1.165, 1.54) is 6.42 Å². The number of carbonyl (C=O) groups is 1. The molecule has 110 valence electrons. The van der Waals surface area contributed by atoms with E-state index in [2.05, 4.69) is 20.8 Å². The highest BCUT2D eigenvalue weighted by molar-refractivity contribution is 5.67. The molecule has 0 radical (unpaired) electrons. The summed E-state index contributed by atoms with van der Waals surface area (Å²) in [4.78, 5) is 11.2. The first kappa shape index (κ1) is 14.8. The topological polar surface area (TPSA) is 57.5 Å². The van der Waals surface area contributed by atoms with E-state index in [1.807, 2.05) is 6.92 Å². The van der Waals surface area contributed by atoms with Gasteiger partial charge in [0, 0.05) is 5.92 Å². The van der Waals surface area contributed by atoms with Crippen molar-refractivity contribution >= 4 is 5.97 Å². The minimum atomic E-state index is -0.836. The first-order chi connectivity index (χ1) is 8.59. The van der Waals surface area contributed by atoms with E-state index in [9.17, 15) is 15.0 Å². The molecule has 2 aliphatic rings. The molecule has 19 heavy (non-hydrogen) atoms. The van der Waals surface area contributed by atoms with E-state index in [0.29, 0.717) is 5.92 Å². The van der Waals surface area contributed by atoms with Crippen LogP contribution < -0.4 is 0 Å². The third-order valence-corrected chi connectivity index (χ3v) is 6.14. The van der Waals surface area contributed by atoms with Gasteiger partial charge in [-0.25, -0.2) is 0 Å². The highest BCUT2D eigenvalue weighted by atomic mass is 16.4. The van der Waals surface area contributed by atoms with Crippen LogP contribution >= 0.6 is 0 Å². The molecule has 2 fully saturated rings. The molecule has 2 N–H and O–H groups in total. The third-order valence-electron chi connectivity index (χ3n) is 6.14. The van der Waals surface area contributed by atoms with Gasteiger partial charge in [-0.05, 0) is 49.4 Å². The molecule has 2 aliphatic carbocycles. The highest BCUT2D eigenvalue weighted by Gasteiger charge is 2.58. The second kappa shape index (κ2) is 4.47. The fourth-order valence-corrected chi connectivity index (χ4v) is 5.25. The predicted octanol–water partition coefficient (Wildman–Crippen LogP) is 3.45. The normalized spacial score (nSPS) is 45.5. The predicted molar refractivity (Wildman–Crippen MR) is 74.8 cm³/mol. The molecule has 2 saturated carbocycles. The molecule has 0 unspecified atom stereocenters. The van der Waals surface area contributed by atoms with Crippen LogP contribution in [0.3, 0.4) is 0 Å². The molecule has 0 amide bonds. The fraction of sp³-hybridized carbons (Fsp3) is 0.938. The Morgan fingerprint density at radius 3 is 2.37 bits per heavy atom. The lowest BCUT2D eigenvalue weighted by Gasteiger charge is -2.61. The Hall–Kier alpha value is -0.570. The molecule has 4 atom stereocenters. The summed E-state index contributed by atoms with van der Waals surface area (Å²) in [7, 11) is 0. The van der Waals surface area contributed by atoms with Crippen molar-refractivity contribution in [1.82, 2.24) is 0 Å². The smallest absolute Gasteiger partial charge is 0.303 e. The van der Waals surface area contributed by atoms with Gasteiger partial charge in [0.15, 0.2) is 0 Å². The Balaban J connectivity index is 2.38. The van der Waals surface area contributed by atoms with Gasteiger partial charge in [-0.3, -0.25) is 4.79 Å². The van der Waals surface area contributed by atoms with E-state index < -0.39 is 11.6 Å². The molecule has 0 aromatic heterocycles. The van der Waals surface area contributed by atoms with Crippen molar-refractivity contribution in [3.05, 3.63) is 0 Å². The SMILES string of the molecule is CC1(C)CCC[C@]2(C)[C@@H](CC(=O)O)[C@@](C)(O)CC[C@@H]12. The lowest BCUT2D eigenvalue weighted by molar-refractivity contribution is -0.178. The van der Waals surface area contributed by atoms with Crippen molar-refractivity contribution in [1.29, 1.82) is 0 Å². The molecule has 0 aromatic carbocycles. The van der Waals surface area contributed by atoms with Gasteiger partial charge >= 0.3 is 5.97 Å². The number of carboxylic acid groups (broad SMARTS) is 1. The fourth-order valence-electron chi connectivity index (χ4n) is 5.25. The van der Waals surface area contributed by atoms with Gasteiger partial charge in [-0.2, -0.15) is 0 Å². The molecule has 3 heteroatoms. The molecule has 0 aliphatic heterocycles. The number of rotatable bonds is 2. The summed E-state index contributed by atoms with van der Waals surface area (Å²) >= 11 is 0. The maximum atomic E-state index is 11.2. The number of aliphatic carboxylic acids is 1. The summed E-state index contributed by atoms with van der Waals surface area (Å²) in [6.07, 6.45) is 5.26. The Morgan fingerprint density at radius 2 is 1.79 bits per heavy atom. The summed E-state index contributed by atoms with van der Waals surface area (Å²) in [5.74, 6) is -0.385. The lowest BCUT2D eigenvalue weighted by atomic mass is 9.45. The number of hydrogen-bond acceptors (Lipinski definition) is 2. The third kappa shape index (κ3) is 2.42. The van der Waals surface area contributed by atoms with Gasteiger partial charge in [-0.15, -0.1) is 0 Å². The number of hydrogen-bond donors (Lipinski definition) is 2. The Labute approximate surface area is 116 Å². The van der Waals surface area contributed by atoms with Crippen LogP contribution in [0, 0.1) is 22.7 Å². The van der Waals surface area contributed by atoms with E-state index in [4.69, 9.17) is 0 Å². The Bertz CT molecular complexity index is 372. The molecular weight excluding hydrogens is 240 g/mol. The highest BCUT2D eigenvalue weighted by Crippen LogP contribution is 2.62. The number of aliphatic hydroxyl groups is 1. The molecule has 0 heterocycles. The first-order valence-corrected chi connectivity index (χ1v) is 7.54. The standard InChI is InChI=1S/C16H28O3/c1-14(2)7-5-8-15(3)11(14)6-9-16(4,19)12(15)10-13(17)18/h11-12,19H,5-10H2,1-4H3,(H,17,18)/t11-,12+,15-,16-/m0/s1. The van der Waals surface area contributed by atoms with Crippen LogP contribution in [0.1, 0.15) is 66.2 Å². The molecule has 0 saturated heterocycles. The summed E-state index contributed by atoms with van der Waals surface area (Å²) < 4.78 is 0. The first-order valence-electron chi connectivity index (χ1n) is 7.54. The van der Waals surface area contributed by atoms with Crippen LogP contribution in [0.5, 0.6) is 0 Å². The van der Waals surface area contributed by atoms with E-state index in [-0.39, 0.29) is 23.2 Å². The van der Waals surface area contributed by atoms with Crippen LogP contribution in [0.25, 0.3) is 0 Å². The second-order valence-electron chi connectivity index (χ2n) is 7.95. The van der Waals surface area contributed by atoms with Gasteiger partial charge in [0.05, 0.1) is 12.0 Å². The van der Waals surface area contributed by atoms with Crippen LogP contribution in [0.4, 0.5) is 0 Å². The number of fused-ring (bicyclic) bond motifs is 1. The summed E-state index contributed by atoms with van der Waals surface area (Å²) in [5, 5.41) is 19.9. The monoisotopic (exact) mass is 268 g/mol. The van der Waals surface area contributed by atoms with Crippen LogP contribution in [-0.2, 0) is 4.79 Å². The lowest BCUT2D eigenvalue weighted by Crippen LogP contribution is -2.58. The zero-order valence-electron chi connectivity index (χ0n) is 12.7. The van der Waals surface area contributed by atoms with Crippen LogP contribution in [-0.4, -0.2) is 21.8 Å². The average molecular weight is 268 g/mol. The van der Waals surface area contributed by atoms with Gasteiger partial charge in [0.1, 0.15) is 0 Å². The van der Waals surface area contributed by atoms with Crippen molar-refractivity contribution in [2.45, 2.75) is 71.8 Å². The average Bonchev–Trinajstić information content (AvgIpc) is 2.22. The summed E-state index contributed by atoms with van der Waals surface area (Å²) in [6, 6.07) is 0. The van der Waals surface area contributed by atoms with E-state index in [1.54, 1.807) is 0 Å². The Morgan fingerprint density at radius 1 is 1.16 bits per heavy atom. The zero-order chi connectivity index (χ0) is 14.5. The summed E-state index contributed by atoms with van der Waals surface area (Å²) in [5.41, 5.74) is -0.612.